The first-order chi connectivity index (χ1) is 7.88. The van der Waals surface area contributed by atoms with Crippen LogP contribution < -0.4 is 10.1 Å². The molecule has 0 fully saturated rings. The molecule has 17 heavy (non-hydrogen) atoms. The molecule has 0 saturated carbocycles. The Morgan fingerprint density at radius 2 is 1.88 bits per heavy atom. The van der Waals surface area contributed by atoms with Gasteiger partial charge in [-0.05, 0) is 23.1 Å². The van der Waals surface area contributed by atoms with Crippen molar-refractivity contribution < 1.29 is 14.3 Å². The van der Waals surface area contributed by atoms with Gasteiger partial charge in [0.25, 0.3) is 0 Å². The van der Waals surface area contributed by atoms with E-state index < -0.39 is 6.09 Å². The summed E-state index contributed by atoms with van der Waals surface area (Å²) in [5, 5.41) is 2.64. The van der Waals surface area contributed by atoms with Gasteiger partial charge >= 0.3 is 6.09 Å². The molecule has 4 nitrogen and oxygen atoms in total. The van der Waals surface area contributed by atoms with Gasteiger partial charge in [-0.25, -0.2) is 4.79 Å². The molecule has 0 saturated heterocycles. The Kier molecular flexibility index (Phi) is 3.99. The summed E-state index contributed by atoms with van der Waals surface area (Å²) in [4.78, 5) is 11.2. The Bertz CT molecular complexity index is 408. The fraction of sp³-hybridized carbons (Fsp3) is 0.462. The van der Waals surface area contributed by atoms with Gasteiger partial charge in [-0.1, -0.05) is 26.8 Å². The van der Waals surface area contributed by atoms with Gasteiger partial charge in [0.1, 0.15) is 5.75 Å². The highest BCUT2D eigenvalue weighted by Gasteiger charge is 2.16. The molecular formula is C13H19NO3. The van der Waals surface area contributed by atoms with Crippen LogP contribution in [0.15, 0.2) is 18.2 Å². The molecule has 0 radical (unpaired) electrons. The molecule has 0 spiro atoms. The number of hydrogen-bond donors (Lipinski definition) is 1. The van der Waals surface area contributed by atoms with Crippen molar-refractivity contribution in [3.63, 3.8) is 0 Å². The molecule has 0 atom stereocenters. The number of nitrogens with one attached hydrogen (secondary N) is 1. The van der Waals surface area contributed by atoms with E-state index in [0.717, 1.165) is 5.56 Å². The van der Waals surface area contributed by atoms with Crippen LogP contribution in [0, 0.1) is 0 Å². The van der Waals surface area contributed by atoms with Gasteiger partial charge in [-0.3, -0.25) is 5.32 Å². The Hall–Kier alpha value is -1.71. The number of carbonyl (C=O) groups is 1. The molecule has 0 aromatic heterocycles. The summed E-state index contributed by atoms with van der Waals surface area (Å²) in [5.74, 6) is 0.614. The quantitative estimate of drug-likeness (QED) is 0.859. The van der Waals surface area contributed by atoms with Crippen LogP contribution in [0.2, 0.25) is 0 Å². The minimum Gasteiger partial charge on any atom is -0.495 e. The van der Waals surface area contributed by atoms with Gasteiger partial charge in [-0.2, -0.15) is 0 Å². The van der Waals surface area contributed by atoms with E-state index in [0.29, 0.717) is 11.4 Å². The molecule has 0 unspecified atom stereocenters. The fourth-order valence-corrected chi connectivity index (χ4v) is 1.43. The van der Waals surface area contributed by atoms with Crippen LogP contribution in [0.1, 0.15) is 26.3 Å². The molecule has 1 N–H and O–H groups in total. The van der Waals surface area contributed by atoms with Crippen LogP contribution in [0.5, 0.6) is 5.75 Å². The first kappa shape index (κ1) is 13.4. The summed E-state index contributed by atoms with van der Waals surface area (Å²) in [7, 11) is 2.89. The molecule has 4 heteroatoms. The first-order valence-corrected chi connectivity index (χ1v) is 5.42. The van der Waals surface area contributed by atoms with Gasteiger partial charge < -0.3 is 9.47 Å². The van der Waals surface area contributed by atoms with E-state index in [2.05, 4.69) is 30.8 Å². The molecule has 1 aromatic rings. The summed E-state index contributed by atoms with van der Waals surface area (Å²) < 4.78 is 9.76. The second-order valence-electron chi connectivity index (χ2n) is 4.78. The molecule has 0 aliphatic carbocycles. The largest absolute Gasteiger partial charge is 0.495 e. The molecule has 0 aliphatic heterocycles. The van der Waals surface area contributed by atoms with Crippen LogP contribution in [-0.4, -0.2) is 20.3 Å². The lowest BCUT2D eigenvalue weighted by atomic mass is 9.87. The van der Waals surface area contributed by atoms with Crippen molar-refractivity contribution in [2.45, 2.75) is 26.2 Å². The van der Waals surface area contributed by atoms with Crippen molar-refractivity contribution in [2.75, 3.05) is 19.5 Å². The number of amides is 1. The predicted molar refractivity (Wildman–Crippen MR) is 67.7 cm³/mol. The van der Waals surface area contributed by atoms with E-state index in [9.17, 15) is 4.79 Å². The van der Waals surface area contributed by atoms with Crippen molar-refractivity contribution in [2.24, 2.45) is 0 Å². The topological polar surface area (TPSA) is 47.6 Å². The van der Waals surface area contributed by atoms with Crippen LogP contribution in [-0.2, 0) is 10.2 Å². The van der Waals surface area contributed by atoms with Gasteiger partial charge in [0.2, 0.25) is 0 Å². The minimum atomic E-state index is -0.505. The number of anilines is 1. The van der Waals surface area contributed by atoms with Crippen LogP contribution in [0.25, 0.3) is 0 Å². The van der Waals surface area contributed by atoms with Crippen molar-refractivity contribution in [3.05, 3.63) is 23.8 Å². The Morgan fingerprint density at radius 1 is 1.24 bits per heavy atom. The summed E-state index contributed by atoms with van der Waals surface area (Å²) in [6.07, 6.45) is -0.505. The number of rotatable bonds is 2. The standard InChI is InChI=1S/C13H19NO3/c1-13(2,3)9-6-7-11(16-4)10(8-9)14-12(15)17-5/h6-8H,1-5H3,(H,14,15). The lowest BCUT2D eigenvalue weighted by Crippen LogP contribution is -2.15. The van der Waals surface area contributed by atoms with E-state index >= 15 is 0 Å². The molecule has 1 amide bonds. The van der Waals surface area contributed by atoms with Crippen LogP contribution >= 0.6 is 0 Å². The minimum absolute atomic E-state index is 0.0127. The summed E-state index contributed by atoms with van der Waals surface area (Å²) >= 11 is 0. The zero-order valence-electron chi connectivity index (χ0n) is 11.0. The number of methoxy groups -OCH3 is 2. The van der Waals surface area contributed by atoms with E-state index in [4.69, 9.17) is 4.74 Å². The predicted octanol–water partition coefficient (Wildman–Crippen LogP) is 3.17. The monoisotopic (exact) mass is 237 g/mol. The van der Waals surface area contributed by atoms with Gasteiger partial charge in [0.15, 0.2) is 0 Å². The normalized spacial score (nSPS) is 10.9. The lowest BCUT2D eigenvalue weighted by Gasteiger charge is -2.21. The molecule has 0 aliphatic rings. The summed E-state index contributed by atoms with van der Waals surface area (Å²) in [6, 6.07) is 5.73. The Morgan fingerprint density at radius 3 is 2.35 bits per heavy atom. The van der Waals surface area contributed by atoms with Crippen molar-refractivity contribution >= 4 is 11.8 Å². The fourth-order valence-electron chi connectivity index (χ4n) is 1.43. The summed E-state index contributed by atoms with van der Waals surface area (Å²) in [6.45, 7) is 6.32. The second kappa shape index (κ2) is 5.08. The maximum Gasteiger partial charge on any atom is 0.411 e. The second-order valence-corrected chi connectivity index (χ2v) is 4.78. The number of hydrogen-bond acceptors (Lipinski definition) is 3. The highest BCUT2D eigenvalue weighted by molar-refractivity contribution is 5.86. The van der Waals surface area contributed by atoms with E-state index in [1.165, 1.54) is 7.11 Å². The Labute approximate surface area is 102 Å². The number of benzene rings is 1. The summed E-state index contributed by atoms with van der Waals surface area (Å²) in [5.41, 5.74) is 1.75. The van der Waals surface area contributed by atoms with E-state index in [1.807, 2.05) is 18.2 Å². The highest BCUT2D eigenvalue weighted by Crippen LogP contribution is 2.31. The SMILES string of the molecule is COC(=O)Nc1cc(C(C)(C)C)ccc1OC. The molecule has 0 heterocycles. The van der Waals surface area contributed by atoms with Crippen molar-refractivity contribution in [3.8, 4) is 5.75 Å². The van der Waals surface area contributed by atoms with Gasteiger partial charge in [-0.15, -0.1) is 0 Å². The Balaban J connectivity index is 3.11. The smallest absolute Gasteiger partial charge is 0.411 e. The third kappa shape index (κ3) is 3.37. The average molecular weight is 237 g/mol. The molecule has 1 aromatic carbocycles. The van der Waals surface area contributed by atoms with Crippen molar-refractivity contribution in [1.29, 1.82) is 0 Å². The van der Waals surface area contributed by atoms with Crippen LogP contribution in [0.3, 0.4) is 0 Å². The maximum absolute atomic E-state index is 11.2. The number of ether oxygens (including phenoxy) is 2. The average Bonchev–Trinajstić information content (AvgIpc) is 2.27. The first-order valence-electron chi connectivity index (χ1n) is 5.42. The third-order valence-corrected chi connectivity index (χ3v) is 2.49. The lowest BCUT2D eigenvalue weighted by molar-refractivity contribution is 0.187. The molecule has 1 rings (SSSR count). The molecule has 94 valence electrons. The highest BCUT2D eigenvalue weighted by atomic mass is 16.5. The number of carbonyl (C=O) groups excluding carboxylic acids is 1. The zero-order chi connectivity index (χ0) is 13.1. The third-order valence-electron chi connectivity index (χ3n) is 2.49. The van der Waals surface area contributed by atoms with E-state index in [-0.39, 0.29) is 5.41 Å². The molecular weight excluding hydrogens is 218 g/mol. The molecule has 0 bridgehead atoms. The van der Waals surface area contributed by atoms with Crippen molar-refractivity contribution in [1.82, 2.24) is 0 Å². The maximum atomic E-state index is 11.2. The van der Waals surface area contributed by atoms with Crippen LogP contribution in [0.4, 0.5) is 10.5 Å². The van der Waals surface area contributed by atoms with E-state index in [1.54, 1.807) is 7.11 Å². The van der Waals surface area contributed by atoms with Gasteiger partial charge in [0, 0.05) is 0 Å². The van der Waals surface area contributed by atoms with Gasteiger partial charge in [0.05, 0.1) is 19.9 Å². The zero-order valence-corrected chi connectivity index (χ0v) is 11.0.